The molecule has 0 unspecified atom stereocenters. The Labute approximate surface area is 157 Å². The average molecular weight is 354 g/mol. The van der Waals surface area contributed by atoms with Crippen molar-refractivity contribution >= 4 is 28.4 Å². The number of benzene rings is 3. The molecule has 1 amide bonds. The maximum Gasteiger partial charge on any atom is 0.424 e. The molecule has 1 aromatic heterocycles. The standard InChI is InChI=1S/C23H18N2O2/c1-17-15-16-18-9-8-14-21(22(18)24-17)27-23(26)25(19-10-4-2-5-11-19)20-12-6-3-7-13-20/h2-16H,1H3. The Morgan fingerprint density at radius 3 is 2.04 bits per heavy atom. The number of rotatable bonds is 3. The Hall–Kier alpha value is -3.66. The summed E-state index contributed by atoms with van der Waals surface area (Å²) in [6, 6.07) is 28.4. The van der Waals surface area contributed by atoms with Crippen LogP contribution in [0.15, 0.2) is 91.0 Å². The maximum absolute atomic E-state index is 13.1. The molecule has 0 spiro atoms. The van der Waals surface area contributed by atoms with Gasteiger partial charge in [0.05, 0.1) is 11.4 Å². The number of amides is 1. The van der Waals surface area contributed by atoms with Crippen LogP contribution < -0.4 is 9.64 Å². The third kappa shape index (κ3) is 3.51. The number of carbonyl (C=O) groups is 1. The summed E-state index contributed by atoms with van der Waals surface area (Å²) in [7, 11) is 0. The fourth-order valence-corrected chi connectivity index (χ4v) is 2.95. The Balaban J connectivity index is 1.74. The fourth-order valence-electron chi connectivity index (χ4n) is 2.95. The third-order valence-corrected chi connectivity index (χ3v) is 4.23. The number of fused-ring (bicyclic) bond motifs is 1. The molecule has 0 N–H and O–H groups in total. The topological polar surface area (TPSA) is 42.4 Å². The Morgan fingerprint density at radius 2 is 1.41 bits per heavy atom. The van der Waals surface area contributed by atoms with E-state index in [1.54, 1.807) is 11.0 Å². The number of hydrogen-bond donors (Lipinski definition) is 0. The van der Waals surface area contributed by atoms with Gasteiger partial charge in [0.2, 0.25) is 0 Å². The quantitative estimate of drug-likeness (QED) is 0.461. The van der Waals surface area contributed by atoms with Crippen molar-refractivity contribution in [3.05, 3.63) is 96.7 Å². The van der Waals surface area contributed by atoms with Crippen LogP contribution in [-0.2, 0) is 0 Å². The largest absolute Gasteiger partial charge is 0.424 e. The van der Waals surface area contributed by atoms with Gasteiger partial charge in [-0.2, -0.15) is 0 Å². The first kappa shape index (κ1) is 16.8. The van der Waals surface area contributed by atoms with E-state index in [-0.39, 0.29) is 0 Å². The number of carbonyl (C=O) groups excluding carboxylic acids is 1. The van der Waals surface area contributed by atoms with Crippen molar-refractivity contribution in [3.8, 4) is 5.75 Å². The van der Waals surface area contributed by atoms with E-state index in [1.807, 2.05) is 91.9 Å². The first-order valence-corrected chi connectivity index (χ1v) is 8.71. The summed E-state index contributed by atoms with van der Waals surface area (Å²) in [6.07, 6.45) is -0.483. The van der Waals surface area contributed by atoms with Gasteiger partial charge in [-0.3, -0.25) is 0 Å². The summed E-state index contributed by atoms with van der Waals surface area (Å²) in [4.78, 5) is 19.2. The highest BCUT2D eigenvalue weighted by molar-refractivity contribution is 5.98. The molecule has 4 rings (SSSR count). The first-order valence-electron chi connectivity index (χ1n) is 8.71. The van der Waals surface area contributed by atoms with Crippen molar-refractivity contribution in [1.29, 1.82) is 0 Å². The zero-order valence-corrected chi connectivity index (χ0v) is 14.9. The zero-order chi connectivity index (χ0) is 18.6. The van der Waals surface area contributed by atoms with E-state index in [9.17, 15) is 4.79 Å². The lowest BCUT2D eigenvalue weighted by atomic mass is 10.2. The van der Waals surface area contributed by atoms with E-state index >= 15 is 0 Å². The van der Waals surface area contributed by atoms with E-state index in [0.29, 0.717) is 11.3 Å². The normalized spacial score (nSPS) is 10.6. The minimum absolute atomic E-state index is 0.443. The molecule has 27 heavy (non-hydrogen) atoms. The molecule has 4 nitrogen and oxygen atoms in total. The first-order chi connectivity index (χ1) is 13.2. The minimum Gasteiger partial charge on any atom is -0.407 e. The van der Waals surface area contributed by atoms with E-state index < -0.39 is 6.09 Å². The molecule has 3 aromatic carbocycles. The third-order valence-electron chi connectivity index (χ3n) is 4.23. The van der Waals surface area contributed by atoms with Gasteiger partial charge in [-0.05, 0) is 43.3 Å². The van der Waals surface area contributed by atoms with Gasteiger partial charge in [-0.15, -0.1) is 0 Å². The second kappa shape index (κ2) is 7.30. The second-order valence-electron chi connectivity index (χ2n) is 6.15. The fraction of sp³-hybridized carbons (Fsp3) is 0.0435. The Kier molecular flexibility index (Phi) is 4.54. The smallest absolute Gasteiger partial charge is 0.407 e. The summed E-state index contributed by atoms with van der Waals surface area (Å²) in [5, 5.41) is 0.928. The second-order valence-corrected chi connectivity index (χ2v) is 6.15. The lowest BCUT2D eigenvalue weighted by Crippen LogP contribution is -2.29. The van der Waals surface area contributed by atoms with Gasteiger partial charge in [0.25, 0.3) is 0 Å². The van der Waals surface area contributed by atoms with E-state index in [2.05, 4.69) is 4.98 Å². The van der Waals surface area contributed by atoms with Gasteiger partial charge in [-0.1, -0.05) is 54.6 Å². The summed E-state index contributed by atoms with van der Waals surface area (Å²) in [6.45, 7) is 1.91. The van der Waals surface area contributed by atoms with Crippen LogP contribution in [0.2, 0.25) is 0 Å². The SMILES string of the molecule is Cc1ccc2cccc(OC(=O)N(c3ccccc3)c3ccccc3)c2n1. The summed E-state index contributed by atoms with van der Waals surface area (Å²) in [5.41, 5.74) is 3.01. The van der Waals surface area contributed by atoms with Crippen LogP contribution in [0.4, 0.5) is 16.2 Å². The zero-order valence-electron chi connectivity index (χ0n) is 14.9. The van der Waals surface area contributed by atoms with Crippen LogP contribution in [0.1, 0.15) is 5.69 Å². The van der Waals surface area contributed by atoms with Crippen LogP contribution in [0, 0.1) is 6.92 Å². The van der Waals surface area contributed by atoms with Gasteiger partial charge in [-0.25, -0.2) is 14.7 Å². The molecule has 0 saturated carbocycles. The predicted octanol–water partition coefficient (Wildman–Crippen LogP) is 5.88. The average Bonchev–Trinajstić information content (AvgIpc) is 2.70. The molecule has 0 bridgehead atoms. The van der Waals surface area contributed by atoms with Gasteiger partial charge in [0.1, 0.15) is 5.52 Å². The van der Waals surface area contributed by atoms with Crippen LogP contribution in [-0.4, -0.2) is 11.1 Å². The molecule has 0 atom stereocenters. The molecule has 132 valence electrons. The molecule has 4 aromatic rings. The minimum atomic E-state index is -0.483. The Bertz CT molecular complexity index is 1040. The maximum atomic E-state index is 13.1. The highest BCUT2D eigenvalue weighted by Gasteiger charge is 2.21. The lowest BCUT2D eigenvalue weighted by molar-refractivity contribution is 0.211. The summed E-state index contributed by atoms with van der Waals surface area (Å²) < 4.78 is 5.78. The molecule has 0 aliphatic heterocycles. The molecule has 0 saturated heterocycles. The molecule has 4 heteroatoms. The molecular weight excluding hydrogens is 336 g/mol. The van der Waals surface area contributed by atoms with E-state index in [4.69, 9.17) is 4.74 Å². The number of para-hydroxylation sites is 3. The highest BCUT2D eigenvalue weighted by Crippen LogP contribution is 2.29. The van der Waals surface area contributed by atoms with Crippen LogP contribution in [0.25, 0.3) is 10.9 Å². The van der Waals surface area contributed by atoms with Crippen LogP contribution in [0.3, 0.4) is 0 Å². The molecule has 0 fully saturated rings. The number of hydrogen-bond acceptors (Lipinski definition) is 3. The van der Waals surface area contributed by atoms with Gasteiger partial charge < -0.3 is 4.74 Å². The predicted molar refractivity (Wildman–Crippen MR) is 108 cm³/mol. The molecule has 1 heterocycles. The Morgan fingerprint density at radius 1 is 0.778 bits per heavy atom. The molecular formula is C23H18N2O2. The number of aromatic nitrogens is 1. The molecule has 0 aliphatic carbocycles. The van der Waals surface area contributed by atoms with Gasteiger partial charge >= 0.3 is 6.09 Å². The van der Waals surface area contributed by atoms with E-state index in [0.717, 1.165) is 22.5 Å². The van der Waals surface area contributed by atoms with Crippen LogP contribution in [0.5, 0.6) is 5.75 Å². The molecule has 0 radical (unpaired) electrons. The van der Waals surface area contributed by atoms with Crippen molar-refractivity contribution < 1.29 is 9.53 Å². The number of aryl methyl sites for hydroxylation is 1. The highest BCUT2D eigenvalue weighted by atomic mass is 16.6. The monoisotopic (exact) mass is 354 g/mol. The summed E-state index contributed by atoms with van der Waals surface area (Å²) >= 11 is 0. The van der Waals surface area contributed by atoms with Crippen molar-refractivity contribution in [1.82, 2.24) is 4.98 Å². The number of anilines is 2. The van der Waals surface area contributed by atoms with E-state index in [1.165, 1.54) is 0 Å². The lowest BCUT2D eigenvalue weighted by Gasteiger charge is -2.22. The van der Waals surface area contributed by atoms with Crippen molar-refractivity contribution in [2.45, 2.75) is 6.92 Å². The van der Waals surface area contributed by atoms with Gasteiger partial charge in [0.15, 0.2) is 5.75 Å². The van der Waals surface area contributed by atoms with Crippen molar-refractivity contribution in [3.63, 3.8) is 0 Å². The number of ether oxygens (including phenoxy) is 1. The molecule has 0 aliphatic rings. The van der Waals surface area contributed by atoms with Crippen molar-refractivity contribution in [2.24, 2.45) is 0 Å². The summed E-state index contributed by atoms with van der Waals surface area (Å²) in [5.74, 6) is 0.443. The van der Waals surface area contributed by atoms with Gasteiger partial charge in [0, 0.05) is 11.1 Å². The number of pyridine rings is 1. The number of nitrogens with zero attached hydrogens (tertiary/aromatic N) is 2. The van der Waals surface area contributed by atoms with Crippen molar-refractivity contribution in [2.75, 3.05) is 4.90 Å². The van der Waals surface area contributed by atoms with Crippen LogP contribution >= 0.6 is 0 Å².